The molecule has 0 radical (unpaired) electrons. The van der Waals surface area contributed by atoms with E-state index in [9.17, 15) is 9.90 Å². The van der Waals surface area contributed by atoms with E-state index in [1.165, 1.54) is 6.33 Å². The molecule has 1 aromatic heterocycles. The Morgan fingerprint density at radius 2 is 2.12 bits per heavy atom. The van der Waals surface area contributed by atoms with E-state index in [1.54, 1.807) is 0 Å². The summed E-state index contributed by atoms with van der Waals surface area (Å²) in [5.74, 6) is 0.337. The molecule has 94 valence electrons. The fraction of sp³-hybridized carbons (Fsp3) is 0.444. The lowest BCUT2D eigenvalue weighted by Crippen LogP contribution is -2.34. The van der Waals surface area contributed by atoms with Crippen LogP contribution in [0.25, 0.3) is 0 Å². The first kappa shape index (κ1) is 13.7. The Balaban J connectivity index is 2.71. The molecule has 0 aromatic carbocycles. The van der Waals surface area contributed by atoms with Crippen molar-refractivity contribution < 1.29 is 9.90 Å². The minimum atomic E-state index is -1.25. The third-order valence-corrected chi connectivity index (χ3v) is 2.68. The second-order valence-corrected chi connectivity index (χ2v) is 4.01. The highest BCUT2D eigenvalue weighted by molar-refractivity contribution is 9.10. The molecule has 0 saturated heterocycles. The van der Waals surface area contributed by atoms with Gasteiger partial charge in [0.25, 0.3) is 0 Å². The predicted octanol–water partition coefficient (Wildman–Crippen LogP) is -0.0710. The molecule has 1 unspecified atom stereocenters. The molecule has 8 heteroatoms. The molecule has 0 fully saturated rings. The van der Waals surface area contributed by atoms with Gasteiger partial charge in [-0.05, 0) is 22.9 Å². The van der Waals surface area contributed by atoms with E-state index in [0.717, 1.165) is 6.54 Å². The first-order chi connectivity index (χ1) is 8.06. The molecule has 5 N–H and O–H groups in total. The topological polar surface area (TPSA) is 113 Å². The molecule has 0 saturated carbocycles. The number of aliphatic hydroxyl groups excluding tert-OH is 1. The van der Waals surface area contributed by atoms with Crippen molar-refractivity contribution in [2.45, 2.75) is 13.0 Å². The van der Waals surface area contributed by atoms with E-state index in [1.807, 2.05) is 6.92 Å². The molecule has 7 nitrogen and oxygen atoms in total. The first-order valence-electron chi connectivity index (χ1n) is 5.01. The number of carbonyl (C=O) groups is 1. The molecule has 1 amide bonds. The van der Waals surface area contributed by atoms with Crippen LogP contribution >= 0.6 is 15.9 Å². The van der Waals surface area contributed by atoms with E-state index in [2.05, 4.69) is 36.5 Å². The molecule has 1 heterocycles. The Morgan fingerprint density at radius 3 is 2.65 bits per heavy atom. The molecule has 1 aromatic rings. The molecular formula is C9H14BrN5O2. The summed E-state index contributed by atoms with van der Waals surface area (Å²) >= 11 is 3.32. The largest absolute Gasteiger partial charge is 0.381 e. The van der Waals surface area contributed by atoms with Crippen LogP contribution in [0.5, 0.6) is 0 Å². The molecule has 0 aliphatic carbocycles. The van der Waals surface area contributed by atoms with Crippen LogP contribution in [0.2, 0.25) is 0 Å². The Morgan fingerprint density at radius 1 is 1.53 bits per heavy atom. The first-order valence-corrected chi connectivity index (χ1v) is 5.81. The average molecular weight is 304 g/mol. The number of nitrogens with one attached hydrogen (secondary N) is 2. The summed E-state index contributed by atoms with van der Waals surface area (Å²) in [6.45, 7) is 2.66. The van der Waals surface area contributed by atoms with Crippen LogP contribution in [-0.2, 0) is 4.79 Å². The van der Waals surface area contributed by atoms with Crippen molar-refractivity contribution in [2.24, 2.45) is 5.73 Å². The number of hydrogen-bond donors (Lipinski definition) is 4. The van der Waals surface area contributed by atoms with Crippen LogP contribution in [0.1, 0.15) is 6.92 Å². The van der Waals surface area contributed by atoms with E-state index < -0.39 is 12.0 Å². The molecule has 0 bridgehead atoms. The SMILES string of the molecule is CCNc1ncnc(NCC(O)C(N)=O)c1Br. The second-order valence-electron chi connectivity index (χ2n) is 3.21. The number of hydrogen-bond acceptors (Lipinski definition) is 6. The number of amides is 1. The van der Waals surface area contributed by atoms with E-state index >= 15 is 0 Å². The Bertz CT molecular complexity index is 401. The number of nitrogens with zero attached hydrogens (tertiary/aromatic N) is 2. The number of aromatic nitrogens is 2. The number of halogens is 1. The van der Waals surface area contributed by atoms with Gasteiger partial charge in [-0.1, -0.05) is 0 Å². The molecular weight excluding hydrogens is 290 g/mol. The number of anilines is 2. The maximum Gasteiger partial charge on any atom is 0.248 e. The zero-order chi connectivity index (χ0) is 12.8. The summed E-state index contributed by atoms with van der Waals surface area (Å²) < 4.78 is 0.638. The van der Waals surface area contributed by atoms with Crippen molar-refractivity contribution in [3.05, 3.63) is 10.8 Å². The maximum atomic E-state index is 10.7. The zero-order valence-electron chi connectivity index (χ0n) is 9.27. The Kier molecular flexibility index (Phi) is 5.11. The van der Waals surface area contributed by atoms with E-state index in [0.29, 0.717) is 16.1 Å². The maximum absolute atomic E-state index is 10.7. The van der Waals surface area contributed by atoms with Gasteiger partial charge in [-0.25, -0.2) is 9.97 Å². The lowest BCUT2D eigenvalue weighted by molar-refractivity contribution is -0.125. The molecule has 0 aliphatic heterocycles. The molecule has 1 rings (SSSR count). The zero-order valence-corrected chi connectivity index (χ0v) is 10.9. The van der Waals surface area contributed by atoms with Crippen LogP contribution in [0.15, 0.2) is 10.8 Å². The number of rotatable bonds is 6. The molecule has 17 heavy (non-hydrogen) atoms. The Hall–Kier alpha value is -1.41. The minimum absolute atomic E-state index is 0.00346. The summed E-state index contributed by atoms with van der Waals surface area (Å²) in [5.41, 5.74) is 4.93. The average Bonchev–Trinajstić information content (AvgIpc) is 2.30. The van der Waals surface area contributed by atoms with Gasteiger partial charge in [-0.15, -0.1) is 0 Å². The second kappa shape index (κ2) is 6.36. The summed E-state index contributed by atoms with van der Waals surface area (Å²) in [4.78, 5) is 18.7. The van der Waals surface area contributed by atoms with Crippen LogP contribution < -0.4 is 16.4 Å². The number of carbonyl (C=O) groups excluding carboxylic acids is 1. The van der Waals surface area contributed by atoms with Crippen LogP contribution in [0.4, 0.5) is 11.6 Å². The highest BCUT2D eigenvalue weighted by Gasteiger charge is 2.13. The van der Waals surface area contributed by atoms with Crippen LogP contribution in [0, 0.1) is 0 Å². The third-order valence-electron chi connectivity index (χ3n) is 1.92. The number of primary amides is 1. The summed E-state index contributed by atoms with van der Waals surface area (Å²) in [6.07, 6.45) is 0.126. The van der Waals surface area contributed by atoms with Gasteiger partial charge < -0.3 is 21.5 Å². The standard InChI is InChI=1S/C9H14BrN5O2/c1-2-12-8-6(10)9(15-4-14-8)13-3-5(16)7(11)17/h4-5,16H,2-3H2,1H3,(H2,11,17)(H2,12,13,14,15). The van der Waals surface area contributed by atoms with Crippen molar-refractivity contribution in [1.82, 2.24) is 9.97 Å². The van der Waals surface area contributed by atoms with Gasteiger partial charge in [0.05, 0.1) is 6.54 Å². The molecule has 0 spiro atoms. The van der Waals surface area contributed by atoms with Gasteiger partial charge in [0, 0.05) is 6.54 Å². The fourth-order valence-electron chi connectivity index (χ4n) is 1.08. The predicted molar refractivity (Wildman–Crippen MR) is 67.6 cm³/mol. The highest BCUT2D eigenvalue weighted by Crippen LogP contribution is 2.26. The lowest BCUT2D eigenvalue weighted by atomic mass is 10.3. The normalized spacial score (nSPS) is 11.9. The number of aliphatic hydroxyl groups is 1. The smallest absolute Gasteiger partial charge is 0.248 e. The summed E-state index contributed by atoms with van der Waals surface area (Å²) in [5, 5.41) is 15.1. The minimum Gasteiger partial charge on any atom is -0.381 e. The van der Waals surface area contributed by atoms with Gasteiger partial charge in [-0.3, -0.25) is 4.79 Å². The van der Waals surface area contributed by atoms with Gasteiger partial charge in [0.15, 0.2) is 0 Å². The van der Waals surface area contributed by atoms with Crippen molar-refractivity contribution >= 4 is 33.5 Å². The third kappa shape index (κ3) is 3.82. The van der Waals surface area contributed by atoms with E-state index in [-0.39, 0.29) is 6.54 Å². The molecule has 1 atom stereocenters. The van der Waals surface area contributed by atoms with Crippen LogP contribution in [-0.4, -0.2) is 40.2 Å². The van der Waals surface area contributed by atoms with Gasteiger partial charge in [0.2, 0.25) is 5.91 Å². The highest BCUT2D eigenvalue weighted by atomic mass is 79.9. The van der Waals surface area contributed by atoms with E-state index in [4.69, 9.17) is 5.73 Å². The molecule has 0 aliphatic rings. The quantitative estimate of drug-likeness (QED) is 0.585. The fourth-order valence-corrected chi connectivity index (χ4v) is 1.56. The van der Waals surface area contributed by atoms with Gasteiger partial charge in [-0.2, -0.15) is 0 Å². The summed E-state index contributed by atoms with van der Waals surface area (Å²) in [7, 11) is 0. The Labute approximate surface area is 107 Å². The van der Waals surface area contributed by atoms with Gasteiger partial charge >= 0.3 is 0 Å². The summed E-state index contributed by atoms with van der Waals surface area (Å²) in [6, 6.07) is 0. The van der Waals surface area contributed by atoms with Gasteiger partial charge in [0.1, 0.15) is 28.5 Å². The van der Waals surface area contributed by atoms with Crippen molar-refractivity contribution in [3.63, 3.8) is 0 Å². The van der Waals surface area contributed by atoms with Crippen molar-refractivity contribution in [1.29, 1.82) is 0 Å². The van der Waals surface area contributed by atoms with Crippen molar-refractivity contribution in [3.8, 4) is 0 Å². The monoisotopic (exact) mass is 303 g/mol. The van der Waals surface area contributed by atoms with Crippen molar-refractivity contribution in [2.75, 3.05) is 23.7 Å². The lowest BCUT2D eigenvalue weighted by Gasteiger charge is -2.12. The van der Waals surface area contributed by atoms with Crippen LogP contribution in [0.3, 0.4) is 0 Å². The number of nitrogens with two attached hydrogens (primary N) is 1.